The predicted molar refractivity (Wildman–Crippen MR) is 180 cm³/mol. The summed E-state index contributed by atoms with van der Waals surface area (Å²) in [5.41, 5.74) is 2.29. The number of methoxy groups -OCH3 is 1. The van der Waals surface area contributed by atoms with Crippen LogP contribution in [0.2, 0.25) is 0 Å². The highest BCUT2D eigenvalue weighted by Gasteiger charge is 2.30. The van der Waals surface area contributed by atoms with Gasteiger partial charge >= 0.3 is 18.2 Å². The molecule has 1 fully saturated rings. The minimum absolute atomic E-state index is 0.0841. The molecule has 0 atom stereocenters. The van der Waals surface area contributed by atoms with Crippen LogP contribution in [0.1, 0.15) is 28.1 Å². The lowest BCUT2D eigenvalue weighted by molar-refractivity contribution is -0.138. The number of aromatic nitrogens is 1. The highest BCUT2D eigenvalue weighted by Crippen LogP contribution is 2.36. The lowest BCUT2D eigenvalue weighted by atomic mass is 10.1. The van der Waals surface area contributed by atoms with Crippen LogP contribution in [0.5, 0.6) is 11.5 Å². The number of aryl methyl sites for hydroxylation is 1. The number of carboxylic acid groups (broad SMARTS) is 1. The summed E-state index contributed by atoms with van der Waals surface area (Å²) in [7, 11) is 1.57. The van der Waals surface area contributed by atoms with Crippen molar-refractivity contribution in [2.75, 3.05) is 45.2 Å². The summed E-state index contributed by atoms with van der Waals surface area (Å²) in [5, 5.41) is 12.4. The molecular formula is C34H35F3N4O5S2. The Labute approximate surface area is 284 Å². The molecule has 14 heteroatoms. The number of piperazine rings is 1. The molecule has 2 N–H and O–H groups in total. The Morgan fingerprint density at radius 1 is 1.04 bits per heavy atom. The summed E-state index contributed by atoms with van der Waals surface area (Å²) in [6, 6.07) is 17.8. The Kier molecular flexibility index (Phi) is 11.5. The number of alkyl halides is 3. The molecule has 4 aromatic rings. The van der Waals surface area contributed by atoms with E-state index in [-0.39, 0.29) is 19.1 Å². The van der Waals surface area contributed by atoms with Gasteiger partial charge in [-0.3, -0.25) is 9.69 Å². The third-order valence-electron chi connectivity index (χ3n) is 7.68. The molecule has 1 aromatic heterocycles. The minimum atomic E-state index is -4.42. The third kappa shape index (κ3) is 9.42. The summed E-state index contributed by atoms with van der Waals surface area (Å²) in [6.07, 6.45) is -4.51. The summed E-state index contributed by atoms with van der Waals surface area (Å²) in [4.78, 5) is 34.6. The number of anilines is 1. The van der Waals surface area contributed by atoms with Crippen molar-refractivity contribution in [1.29, 1.82) is 0 Å². The first-order chi connectivity index (χ1) is 23.0. The maximum absolute atomic E-state index is 13.2. The van der Waals surface area contributed by atoms with E-state index in [1.54, 1.807) is 35.9 Å². The maximum atomic E-state index is 13.2. The molecular weight excluding hydrogens is 666 g/mol. The van der Waals surface area contributed by atoms with Crippen molar-refractivity contribution in [3.8, 4) is 22.1 Å². The monoisotopic (exact) mass is 700 g/mol. The van der Waals surface area contributed by atoms with Gasteiger partial charge in [-0.15, -0.1) is 23.1 Å². The fourth-order valence-corrected chi connectivity index (χ4v) is 7.21. The van der Waals surface area contributed by atoms with Crippen LogP contribution in [-0.4, -0.2) is 71.8 Å². The van der Waals surface area contributed by atoms with E-state index in [4.69, 9.17) is 19.6 Å². The highest BCUT2D eigenvalue weighted by molar-refractivity contribution is 7.98. The molecule has 1 aliphatic heterocycles. The molecule has 48 heavy (non-hydrogen) atoms. The summed E-state index contributed by atoms with van der Waals surface area (Å²) >= 11 is 3.07. The molecule has 1 aliphatic rings. The Bertz CT molecular complexity index is 1720. The second kappa shape index (κ2) is 15.8. The normalized spacial score (nSPS) is 13.7. The molecule has 254 valence electrons. The number of hydrogen-bond acceptors (Lipinski definition) is 8. The van der Waals surface area contributed by atoms with Crippen molar-refractivity contribution in [1.82, 2.24) is 14.8 Å². The molecule has 2 amide bonds. The summed E-state index contributed by atoms with van der Waals surface area (Å²) < 4.78 is 50.4. The number of amides is 2. The van der Waals surface area contributed by atoms with Gasteiger partial charge in [0.1, 0.15) is 16.5 Å². The van der Waals surface area contributed by atoms with Gasteiger partial charge in [0.25, 0.3) is 0 Å². The van der Waals surface area contributed by atoms with Gasteiger partial charge in [-0.1, -0.05) is 18.2 Å². The molecule has 0 unspecified atom stereocenters. The van der Waals surface area contributed by atoms with E-state index < -0.39 is 17.7 Å². The number of aliphatic carboxylic acids is 1. The number of thiazole rings is 1. The number of thioether (sulfide) groups is 1. The second-order valence-corrected chi connectivity index (χ2v) is 13.2. The fourth-order valence-electron chi connectivity index (χ4n) is 5.04. The van der Waals surface area contributed by atoms with Crippen LogP contribution in [0, 0.1) is 6.92 Å². The topological polar surface area (TPSA) is 104 Å². The van der Waals surface area contributed by atoms with E-state index >= 15 is 0 Å². The number of carbonyl (C=O) groups excluding carboxylic acids is 1. The van der Waals surface area contributed by atoms with Crippen molar-refractivity contribution in [3.63, 3.8) is 0 Å². The molecule has 0 spiro atoms. The molecule has 1 saturated heterocycles. The number of halogens is 3. The number of carbonyl (C=O) groups is 2. The van der Waals surface area contributed by atoms with Gasteiger partial charge in [0.2, 0.25) is 0 Å². The van der Waals surface area contributed by atoms with Gasteiger partial charge in [-0.05, 0) is 55.0 Å². The lowest BCUT2D eigenvalue weighted by Gasteiger charge is -2.34. The van der Waals surface area contributed by atoms with Gasteiger partial charge in [-0.25, -0.2) is 9.78 Å². The zero-order chi connectivity index (χ0) is 34.3. The quantitative estimate of drug-likeness (QED) is 0.145. The Morgan fingerprint density at radius 3 is 2.46 bits per heavy atom. The first-order valence-corrected chi connectivity index (χ1v) is 17.0. The number of hydrogen-bond donors (Lipinski definition) is 2. The van der Waals surface area contributed by atoms with E-state index in [1.807, 2.05) is 37.3 Å². The lowest BCUT2D eigenvalue weighted by Crippen LogP contribution is -2.49. The van der Waals surface area contributed by atoms with Gasteiger partial charge in [0, 0.05) is 65.6 Å². The van der Waals surface area contributed by atoms with Crippen molar-refractivity contribution in [2.24, 2.45) is 0 Å². The first-order valence-electron chi connectivity index (χ1n) is 15.1. The smallest absolute Gasteiger partial charge is 0.416 e. The zero-order valence-corrected chi connectivity index (χ0v) is 28.0. The fraction of sp³-hybridized carbons (Fsp3) is 0.324. The average Bonchev–Trinajstić information content (AvgIpc) is 3.47. The Hall–Kier alpha value is -4.27. The number of benzene rings is 3. The minimum Gasteiger partial charge on any atom is -0.497 e. The molecule has 9 nitrogen and oxygen atoms in total. The van der Waals surface area contributed by atoms with E-state index in [1.165, 1.54) is 23.5 Å². The van der Waals surface area contributed by atoms with E-state index in [0.29, 0.717) is 66.2 Å². The largest absolute Gasteiger partial charge is 0.497 e. The number of nitrogens with one attached hydrogen (secondary N) is 1. The van der Waals surface area contributed by atoms with Crippen LogP contribution in [-0.2, 0) is 23.3 Å². The molecule has 0 bridgehead atoms. The maximum Gasteiger partial charge on any atom is 0.416 e. The van der Waals surface area contributed by atoms with E-state index in [9.17, 15) is 22.8 Å². The van der Waals surface area contributed by atoms with Gasteiger partial charge in [0.05, 0.1) is 31.4 Å². The van der Waals surface area contributed by atoms with Crippen molar-refractivity contribution >= 4 is 40.8 Å². The standard InChI is InChI=1S/C34H35F3N4O5S2/c1-22-18-27(10-11-29(22)46-17-12-31(42)43)47-21-30-28(39-32(48-30)23-6-8-24(9-7-23)34(35,36)37)20-40-13-15-41(16-14-40)33(44)38-25-4-3-5-26(19-25)45-2/h3-11,18-19H,12-17,20-21H2,1-2H3,(H,38,44)(H,42,43). The van der Waals surface area contributed by atoms with Crippen LogP contribution >= 0.6 is 23.1 Å². The first kappa shape index (κ1) is 35.0. The van der Waals surface area contributed by atoms with Gasteiger partial charge < -0.3 is 24.8 Å². The SMILES string of the molecule is COc1cccc(NC(=O)N2CCN(Cc3nc(-c4ccc(C(F)(F)F)cc4)sc3CSc3ccc(OCCC(=O)O)c(C)c3)CC2)c1. The van der Waals surface area contributed by atoms with Crippen molar-refractivity contribution in [3.05, 3.63) is 88.4 Å². The molecule has 0 saturated carbocycles. The summed E-state index contributed by atoms with van der Waals surface area (Å²) in [6.45, 7) is 4.83. The predicted octanol–water partition coefficient (Wildman–Crippen LogP) is 7.64. The van der Waals surface area contributed by atoms with Crippen molar-refractivity contribution in [2.45, 2.75) is 36.7 Å². The Morgan fingerprint density at radius 2 is 1.79 bits per heavy atom. The molecule has 0 aliphatic carbocycles. The van der Waals surface area contributed by atoms with E-state index in [2.05, 4.69) is 10.2 Å². The van der Waals surface area contributed by atoms with Crippen LogP contribution in [0.15, 0.2) is 71.6 Å². The van der Waals surface area contributed by atoms with Crippen molar-refractivity contribution < 1.29 is 37.3 Å². The summed E-state index contributed by atoms with van der Waals surface area (Å²) in [5.74, 6) is 0.946. The van der Waals surface area contributed by atoms with Gasteiger partial charge in [-0.2, -0.15) is 13.2 Å². The zero-order valence-electron chi connectivity index (χ0n) is 26.4. The average molecular weight is 701 g/mol. The second-order valence-electron chi connectivity index (χ2n) is 11.1. The number of urea groups is 1. The number of carboxylic acids is 1. The van der Waals surface area contributed by atoms with Crippen LogP contribution < -0.4 is 14.8 Å². The number of nitrogens with zero attached hydrogens (tertiary/aromatic N) is 3. The van der Waals surface area contributed by atoms with Crippen LogP contribution in [0.3, 0.4) is 0 Å². The highest BCUT2D eigenvalue weighted by atomic mass is 32.2. The number of ether oxygens (including phenoxy) is 2. The Balaban J connectivity index is 1.26. The third-order valence-corrected chi connectivity index (χ3v) is 10.0. The van der Waals surface area contributed by atoms with Gasteiger partial charge in [0.15, 0.2) is 0 Å². The molecule has 5 rings (SSSR count). The molecule has 0 radical (unpaired) electrons. The van der Waals surface area contributed by atoms with E-state index in [0.717, 1.165) is 33.2 Å². The van der Waals surface area contributed by atoms with Crippen LogP contribution in [0.4, 0.5) is 23.7 Å². The van der Waals surface area contributed by atoms with Crippen LogP contribution in [0.25, 0.3) is 10.6 Å². The number of rotatable bonds is 12. The molecule has 2 heterocycles. The molecule has 3 aromatic carbocycles.